The second kappa shape index (κ2) is 4.07. The van der Waals surface area contributed by atoms with Gasteiger partial charge in [0.2, 0.25) is 0 Å². The van der Waals surface area contributed by atoms with Crippen LogP contribution in [0.4, 0.5) is 30.7 Å². The van der Waals surface area contributed by atoms with Gasteiger partial charge in [0, 0.05) is 6.08 Å². The topological polar surface area (TPSA) is 55.8 Å². The molecule has 19 heavy (non-hydrogen) atoms. The standard InChI is InChI=1S/C8H5F7O4/c1-2-3(16)18-4-5(9,10)7(17,8(13,14)15)19-6(4,11)12/h2,4,17H,1H2. The van der Waals surface area contributed by atoms with Crippen molar-refractivity contribution in [2.45, 2.75) is 30.1 Å². The Hall–Kier alpha value is -1.36. The third kappa shape index (κ3) is 2.16. The molecular formula is C8H5F7O4. The van der Waals surface area contributed by atoms with E-state index in [-0.39, 0.29) is 6.08 Å². The molecule has 0 saturated carbocycles. The van der Waals surface area contributed by atoms with Gasteiger partial charge in [0.1, 0.15) is 0 Å². The fourth-order valence-corrected chi connectivity index (χ4v) is 1.26. The third-order valence-corrected chi connectivity index (χ3v) is 2.16. The minimum Gasteiger partial charge on any atom is -0.443 e. The van der Waals surface area contributed by atoms with Crippen molar-refractivity contribution in [3.05, 3.63) is 12.7 Å². The van der Waals surface area contributed by atoms with Crippen LogP contribution in [0, 0.1) is 0 Å². The first kappa shape index (κ1) is 15.7. The molecule has 0 bridgehead atoms. The summed E-state index contributed by atoms with van der Waals surface area (Å²) < 4.78 is 95.3. The molecule has 4 nitrogen and oxygen atoms in total. The van der Waals surface area contributed by atoms with E-state index in [0.29, 0.717) is 0 Å². The molecule has 0 aliphatic carbocycles. The first-order valence-corrected chi connectivity index (χ1v) is 4.37. The summed E-state index contributed by atoms with van der Waals surface area (Å²) >= 11 is 0. The maximum Gasteiger partial charge on any atom is 0.450 e. The van der Waals surface area contributed by atoms with E-state index in [1.165, 1.54) is 0 Å². The smallest absolute Gasteiger partial charge is 0.443 e. The van der Waals surface area contributed by atoms with Gasteiger partial charge in [0.25, 0.3) is 6.10 Å². The zero-order valence-corrected chi connectivity index (χ0v) is 8.68. The van der Waals surface area contributed by atoms with E-state index in [4.69, 9.17) is 5.11 Å². The molecule has 1 aliphatic heterocycles. The first-order valence-electron chi connectivity index (χ1n) is 4.37. The Kier molecular flexibility index (Phi) is 3.36. The van der Waals surface area contributed by atoms with Gasteiger partial charge in [0.05, 0.1) is 0 Å². The Balaban J connectivity index is 3.27. The molecule has 0 aromatic heterocycles. The molecule has 0 amide bonds. The normalized spacial score (nSPS) is 32.9. The van der Waals surface area contributed by atoms with Crippen LogP contribution in [0.1, 0.15) is 0 Å². The monoisotopic (exact) mass is 298 g/mol. The molecule has 0 aromatic rings. The van der Waals surface area contributed by atoms with Crippen LogP contribution >= 0.6 is 0 Å². The van der Waals surface area contributed by atoms with E-state index in [1.807, 2.05) is 0 Å². The SMILES string of the molecule is C=CC(=O)OC1C(F)(F)OC(O)(C(F)(F)F)C1(F)F. The average Bonchev–Trinajstić information content (AvgIpc) is 2.34. The highest BCUT2D eigenvalue weighted by atomic mass is 19.4. The molecule has 1 rings (SSSR count). The molecule has 2 unspecified atom stereocenters. The van der Waals surface area contributed by atoms with Gasteiger partial charge in [-0.05, 0) is 0 Å². The number of hydrogen-bond acceptors (Lipinski definition) is 4. The molecule has 0 aromatic carbocycles. The number of esters is 1. The van der Waals surface area contributed by atoms with Crippen LogP contribution in [0.3, 0.4) is 0 Å². The summed E-state index contributed by atoms with van der Waals surface area (Å²) in [5.74, 6) is -12.9. The van der Waals surface area contributed by atoms with E-state index in [2.05, 4.69) is 16.1 Å². The summed E-state index contributed by atoms with van der Waals surface area (Å²) in [6, 6.07) is 0. The summed E-state index contributed by atoms with van der Waals surface area (Å²) in [7, 11) is 0. The summed E-state index contributed by atoms with van der Waals surface area (Å²) in [4.78, 5) is 10.6. The number of ether oxygens (including phenoxy) is 2. The highest BCUT2D eigenvalue weighted by molar-refractivity contribution is 5.81. The largest absolute Gasteiger partial charge is 0.450 e. The van der Waals surface area contributed by atoms with Gasteiger partial charge < -0.3 is 9.84 Å². The molecule has 110 valence electrons. The average molecular weight is 298 g/mol. The minimum absolute atomic E-state index is 0.178. The van der Waals surface area contributed by atoms with Crippen LogP contribution in [0.5, 0.6) is 0 Å². The van der Waals surface area contributed by atoms with Crippen LogP contribution in [-0.4, -0.2) is 41.2 Å². The molecule has 1 aliphatic rings. The molecule has 1 fully saturated rings. The van der Waals surface area contributed by atoms with Crippen LogP contribution in [0.2, 0.25) is 0 Å². The Labute approximate surface area is 99.9 Å². The maximum absolute atomic E-state index is 13.3. The number of hydrogen-bond donors (Lipinski definition) is 1. The summed E-state index contributed by atoms with van der Waals surface area (Å²) in [6.07, 6.45) is -15.3. The minimum atomic E-state index is -6.24. The Morgan fingerprint density at radius 1 is 1.32 bits per heavy atom. The second-order valence-corrected chi connectivity index (χ2v) is 3.45. The van der Waals surface area contributed by atoms with Gasteiger partial charge in [-0.2, -0.15) is 30.7 Å². The third-order valence-electron chi connectivity index (χ3n) is 2.16. The predicted molar refractivity (Wildman–Crippen MR) is 42.1 cm³/mol. The zero-order valence-electron chi connectivity index (χ0n) is 8.68. The van der Waals surface area contributed by atoms with Crippen molar-refractivity contribution in [1.82, 2.24) is 0 Å². The lowest BCUT2D eigenvalue weighted by Gasteiger charge is -2.29. The summed E-state index contributed by atoms with van der Waals surface area (Å²) in [6.45, 7) is 2.69. The highest BCUT2D eigenvalue weighted by Gasteiger charge is 2.86. The van der Waals surface area contributed by atoms with E-state index in [0.717, 1.165) is 0 Å². The molecule has 11 heteroatoms. The van der Waals surface area contributed by atoms with E-state index in [9.17, 15) is 35.5 Å². The molecule has 1 N–H and O–H groups in total. The maximum atomic E-state index is 13.3. The van der Waals surface area contributed by atoms with Gasteiger partial charge in [-0.3, -0.25) is 4.74 Å². The number of rotatable bonds is 2. The van der Waals surface area contributed by atoms with Crippen molar-refractivity contribution in [3.8, 4) is 0 Å². The molecular weight excluding hydrogens is 293 g/mol. The lowest BCUT2D eigenvalue weighted by molar-refractivity contribution is -0.433. The van der Waals surface area contributed by atoms with Gasteiger partial charge in [-0.25, -0.2) is 4.79 Å². The van der Waals surface area contributed by atoms with E-state index in [1.54, 1.807) is 0 Å². The number of halogens is 7. The van der Waals surface area contributed by atoms with E-state index < -0.39 is 36.1 Å². The molecule has 2 atom stereocenters. The second-order valence-electron chi connectivity index (χ2n) is 3.45. The highest BCUT2D eigenvalue weighted by Crippen LogP contribution is 2.56. The number of aliphatic hydroxyl groups is 1. The van der Waals surface area contributed by atoms with Gasteiger partial charge in [-0.15, -0.1) is 0 Å². The van der Waals surface area contributed by atoms with Gasteiger partial charge in [-0.1, -0.05) is 6.58 Å². The van der Waals surface area contributed by atoms with Crippen LogP contribution in [0.15, 0.2) is 12.7 Å². The Bertz CT molecular complexity index is 404. The van der Waals surface area contributed by atoms with Crippen molar-refractivity contribution in [2.24, 2.45) is 0 Å². The van der Waals surface area contributed by atoms with Crippen molar-refractivity contribution in [3.63, 3.8) is 0 Å². The van der Waals surface area contributed by atoms with Crippen molar-refractivity contribution < 1.29 is 50.1 Å². The lowest BCUT2D eigenvalue weighted by atomic mass is 10.1. The van der Waals surface area contributed by atoms with E-state index >= 15 is 0 Å². The molecule has 0 radical (unpaired) electrons. The van der Waals surface area contributed by atoms with Crippen molar-refractivity contribution in [1.29, 1.82) is 0 Å². The van der Waals surface area contributed by atoms with Crippen molar-refractivity contribution in [2.75, 3.05) is 0 Å². The number of alkyl halides is 7. The first-order chi connectivity index (χ1) is 8.29. The summed E-state index contributed by atoms with van der Waals surface area (Å²) in [5, 5.41) is 8.65. The molecule has 0 spiro atoms. The fourth-order valence-electron chi connectivity index (χ4n) is 1.26. The molecule has 1 saturated heterocycles. The summed E-state index contributed by atoms with van der Waals surface area (Å²) in [5.41, 5.74) is 0. The van der Waals surface area contributed by atoms with Crippen LogP contribution < -0.4 is 0 Å². The number of carbonyl (C=O) groups excluding carboxylic acids is 1. The zero-order chi connectivity index (χ0) is 15.3. The van der Waals surface area contributed by atoms with Gasteiger partial charge in [0.15, 0.2) is 0 Å². The predicted octanol–water partition coefficient (Wildman–Crippen LogP) is 1.59. The van der Waals surface area contributed by atoms with Crippen molar-refractivity contribution >= 4 is 5.97 Å². The fraction of sp³-hybridized carbons (Fsp3) is 0.625. The van der Waals surface area contributed by atoms with Gasteiger partial charge >= 0.3 is 30.0 Å². The molecule has 1 heterocycles. The quantitative estimate of drug-likeness (QED) is 0.478. The Morgan fingerprint density at radius 2 is 1.79 bits per heavy atom. The Morgan fingerprint density at radius 3 is 2.11 bits per heavy atom. The lowest BCUT2D eigenvalue weighted by Crippen LogP contribution is -2.59. The van der Waals surface area contributed by atoms with Crippen LogP contribution in [0.25, 0.3) is 0 Å². The number of carbonyl (C=O) groups is 1. The van der Waals surface area contributed by atoms with Crippen LogP contribution in [-0.2, 0) is 14.3 Å².